The van der Waals surface area contributed by atoms with E-state index in [-0.39, 0.29) is 88.7 Å². The van der Waals surface area contributed by atoms with Gasteiger partial charge in [-0.3, -0.25) is 19.2 Å². The molecule has 7 N–H and O–H groups in total. The number of sulfone groups is 1. The lowest BCUT2D eigenvalue weighted by atomic mass is 10.0. The zero-order valence-corrected chi connectivity index (χ0v) is 46.4. The number of aromatic nitrogens is 2. The first-order valence-electron chi connectivity index (χ1n) is 25.1. The van der Waals surface area contributed by atoms with Crippen molar-refractivity contribution in [3.05, 3.63) is 47.8 Å². The van der Waals surface area contributed by atoms with E-state index in [1.807, 2.05) is 0 Å². The summed E-state index contributed by atoms with van der Waals surface area (Å²) in [4.78, 5) is 98.2. The number of likely N-dealkylation sites (N-methyl/N-ethyl adjacent to an activating group) is 2. The van der Waals surface area contributed by atoms with E-state index in [0.717, 1.165) is 18.6 Å². The van der Waals surface area contributed by atoms with Gasteiger partial charge in [0.15, 0.2) is 0 Å². The smallest absolute Gasteiger partial charge is 0.410 e. The second kappa shape index (κ2) is 36.7. The monoisotopic (exact) mass is 1110 g/mol. The standard InChI is InChI=1S/C49H80N10O17S/c1-35(2)41(57-40(60)15-20-69-22-24-71-26-28-73-30-31-74-29-27-72-25-23-70-21-17-51-42(61)37-32-53-46(54-33-37)77(8,67)68)44(63)56-39(10-9-16-52-45(50)64)43(62)55-38-13-11-36(12-14-38)34-75-47(65)58(6)18-19-59(7)48(66)76-49(3,4)5/h11-14,32-33,35,39,41H,9-10,15-31,34H2,1-8H3,(H,51,61)(H,55,62)(H,56,63)(H,57,60)(H3,50,52,64)/t39-,41-/m0/s1. The normalized spacial score (nSPS) is 12.2. The van der Waals surface area contributed by atoms with Crippen LogP contribution in [0.5, 0.6) is 0 Å². The Morgan fingerprint density at radius 2 is 1.18 bits per heavy atom. The highest BCUT2D eigenvalue weighted by Gasteiger charge is 2.29. The molecular formula is C49H80N10O17S. The van der Waals surface area contributed by atoms with Gasteiger partial charge >= 0.3 is 18.2 Å². The maximum Gasteiger partial charge on any atom is 0.410 e. The van der Waals surface area contributed by atoms with Gasteiger partial charge in [-0.2, -0.15) is 0 Å². The van der Waals surface area contributed by atoms with E-state index in [1.54, 1.807) is 73.0 Å². The number of carbonyl (C=O) groups is 7. The first-order chi connectivity index (χ1) is 36.5. The molecule has 2 aromatic rings. The SMILES string of the molecule is CC(C)[C@H](NC(=O)CCOCCOCCOCCOCCOCCOCCNC(=O)c1cnc(S(C)(=O)=O)nc1)C(=O)N[C@@H](CCCNC(N)=O)C(=O)Nc1ccc(COC(=O)N(C)CCN(C)C(=O)OC(C)(C)C)cc1. The van der Waals surface area contributed by atoms with Crippen molar-refractivity contribution in [1.82, 2.24) is 41.0 Å². The van der Waals surface area contributed by atoms with Crippen molar-refractivity contribution in [3.63, 3.8) is 0 Å². The fourth-order valence-electron chi connectivity index (χ4n) is 6.15. The van der Waals surface area contributed by atoms with Crippen LogP contribution in [0.3, 0.4) is 0 Å². The highest BCUT2D eigenvalue weighted by Crippen LogP contribution is 2.14. The second-order valence-electron chi connectivity index (χ2n) is 18.6. The molecule has 28 heteroatoms. The van der Waals surface area contributed by atoms with E-state index in [0.29, 0.717) is 70.5 Å². The molecule has 8 amide bonds. The van der Waals surface area contributed by atoms with Crippen molar-refractivity contribution in [2.24, 2.45) is 11.7 Å². The van der Waals surface area contributed by atoms with Crippen molar-refractivity contribution in [2.75, 3.05) is 131 Å². The van der Waals surface area contributed by atoms with Crippen LogP contribution in [0.25, 0.3) is 0 Å². The van der Waals surface area contributed by atoms with Gasteiger partial charge in [0.25, 0.3) is 5.91 Å². The lowest BCUT2D eigenvalue weighted by molar-refractivity contribution is -0.132. The second-order valence-corrected chi connectivity index (χ2v) is 20.5. The van der Waals surface area contributed by atoms with Gasteiger partial charge in [-0.1, -0.05) is 26.0 Å². The maximum absolute atomic E-state index is 13.6. The van der Waals surface area contributed by atoms with Crippen LogP contribution in [0.15, 0.2) is 41.8 Å². The molecule has 1 aromatic carbocycles. The molecule has 0 spiro atoms. The van der Waals surface area contributed by atoms with Gasteiger partial charge < -0.3 is 80.0 Å². The maximum atomic E-state index is 13.6. The molecule has 27 nitrogen and oxygen atoms in total. The number of amides is 8. The average molecular weight is 1110 g/mol. The Kier molecular flexibility index (Phi) is 31.8. The summed E-state index contributed by atoms with van der Waals surface area (Å²) >= 11 is 0. The van der Waals surface area contributed by atoms with Crippen molar-refractivity contribution >= 4 is 57.4 Å². The van der Waals surface area contributed by atoms with Gasteiger partial charge in [0.05, 0.1) is 84.8 Å². The van der Waals surface area contributed by atoms with Crippen LogP contribution in [0.1, 0.15) is 69.8 Å². The largest absolute Gasteiger partial charge is 0.445 e. The predicted octanol–water partition coefficient (Wildman–Crippen LogP) is 1.25. The third-order valence-corrected chi connectivity index (χ3v) is 11.2. The molecule has 0 saturated heterocycles. The summed E-state index contributed by atoms with van der Waals surface area (Å²) in [5, 5.41) is 13.0. The van der Waals surface area contributed by atoms with E-state index in [9.17, 15) is 42.0 Å². The molecule has 77 heavy (non-hydrogen) atoms. The minimum absolute atomic E-state index is 0.0335. The van der Waals surface area contributed by atoms with E-state index in [4.69, 9.17) is 43.6 Å². The zero-order chi connectivity index (χ0) is 57.2. The van der Waals surface area contributed by atoms with E-state index in [2.05, 4.69) is 36.6 Å². The fourth-order valence-corrected chi connectivity index (χ4v) is 6.64. The third-order valence-electron chi connectivity index (χ3n) is 10.3. The minimum atomic E-state index is -3.55. The van der Waals surface area contributed by atoms with E-state index < -0.39 is 69.4 Å². The number of nitrogens with two attached hydrogens (primary N) is 1. The van der Waals surface area contributed by atoms with Crippen LogP contribution >= 0.6 is 0 Å². The van der Waals surface area contributed by atoms with Gasteiger partial charge in [0.1, 0.15) is 24.3 Å². The molecule has 0 unspecified atom stereocenters. The number of rotatable bonds is 38. The molecule has 0 bridgehead atoms. The average Bonchev–Trinajstić information content (AvgIpc) is 3.36. The molecule has 0 radical (unpaired) electrons. The van der Waals surface area contributed by atoms with Crippen LogP contribution in [0, 0.1) is 5.92 Å². The number of carbonyl (C=O) groups excluding carboxylic acids is 7. The van der Waals surface area contributed by atoms with Crippen LogP contribution in [-0.4, -0.2) is 214 Å². The molecule has 1 aromatic heterocycles. The molecule has 2 rings (SSSR count). The lowest BCUT2D eigenvalue weighted by Gasteiger charge is -2.26. The molecule has 1 heterocycles. The first kappa shape index (κ1) is 66.8. The Morgan fingerprint density at radius 1 is 0.675 bits per heavy atom. The van der Waals surface area contributed by atoms with Crippen LogP contribution in [0.2, 0.25) is 0 Å². The van der Waals surface area contributed by atoms with Gasteiger partial charge in [-0.05, 0) is 57.2 Å². The molecule has 434 valence electrons. The predicted molar refractivity (Wildman–Crippen MR) is 279 cm³/mol. The number of benzene rings is 1. The summed E-state index contributed by atoms with van der Waals surface area (Å²) in [6.45, 7) is 13.1. The van der Waals surface area contributed by atoms with Crippen molar-refractivity contribution in [3.8, 4) is 0 Å². The van der Waals surface area contributed by atoms with Crippen LogP contribution in [-0.2, 0) is 68.7 Å². The number of nitrogens with one attached hydrogen (secondary N) is 5. The molecular weight excluding hydrogens is 1030 g/mol. The Morgan fingerprint density at radius 3 is 1.68 bits per heavy atom. The zero-order valence-electron chi connectivity index (χ0n) is 45.6. The Bertz CT molecular complexity index is 2220. The van der Waals surface area contributed by atoms with Crippen molar-refractivity contribution < 1.29 is 79.9 Å². The summed E-state index contributed by atoms with van der Waals surface area (Å²) < 4.78 is 66.5. The Balaban J connectivity index is 1.61. The van der Waals surface area contributed by atoms with Crippen LogP contribution in [0.4, 0.5) is 20.1 Å². The number of hydrogen-bond donors (Lipinski definition) is 6. The summed E-state index contributed by atoms with van der Waals surface area (Å²) in [6, 6.07) is 3.77. The number of ether oxygens (including phenoxy) is 8. The number of nitrogens with zero attached hydrogens (tertiary/aromatic N) is 4. The molecule has 0 aliphatic heterocycles. The summed E-state index contributed by atoms with van der Waals surface area (Å²) in [7, 11) is -0.433. The molecule has 0 fully saturated rings. The number of urea groups is 1. The van der Waals surface area contributed by atoms with Gasteiger partial charge in [-0.15, -0.1) is 0 Å². The van der Waals surface area contributed by atoms with Crippen molar-refractivity contribution in [2.45, 2.75) is 83.3 Å². The lowest BCUT2D eigenvalue weighted by Crippen LogP contribution is -2.54. The number of hydrogen-bond acceptors (Lipinski definition) is 19. The molecule has 0 aliphatic rings. The number of anilines is 1. The summed E-state index contributed by atoms with van der Waals surface area (Å²) in [6.07, 6.45) is 2.54. The van der Waals surface area contributed by atoms with Gasteiger partial charge in [-0.25, -0.2) is 32.8 Å². The third kappa shape index (κ3) is 30.9. The highest BCUT2D eigenvalue weighted by atomic mass is 32.2. The summed E-state index contributed by atoms with van der Waals surface area (Å²) in [5.41, 5.74) is 5.70. The van der Waals surface area contributed by atoms with Crippen LogP contribution < -0.4 is 32.3 Å². The molecule has 0 aliphatic carbocycles. The fraction of sp³-hybridized carbons (Fsp3) is 0.653. The van der Waals surface area contributed by atoms with Gasteiger partial charge in [0.2, 0.25) is 32.7 Å². The minimum Gasteiger partial charge on any atom is -0.445 e. The van der Waals surface area contributed by atoms with E-state index in [1.165, 1.54) is 9.80 Å². The first-order valence-corrected chi connectivity index (χ1v) is 27.0. The Labute approximate surface area is 450 Å². The molecule has 0 saturated carbocycles. The summed E-state index contributed by atoms with van der Waals surface area (Å²) in [5.74, 6) is -2.36. The quantitative estimate of drug-likeness (QED) is 0.0407. The Hall–Kier alpha value is -6.30. The topological polar surface area (TPSA) is 346 Å². The van der Waals surface area contributed by atoms with Gasteiger partial charge in [0, 0.05) is 71.0 Å². The van der Waals surface area contributed by atoms with E-state index >= 15 is 0 Å². The number of primary amides is 1. The van der Waals surface area contributed by atoms with Crippen molar-refractivity contribution in [1.29, 1.82) is 0 Å². The highest BCUT2D eigenvalue weighted by molar-refractivity contribution is 7.90. The molecule has 2 atom stereocenters.